The number of carbonyl (C=O) groups is 3. The maximum absolute atomic E-state index is 12.2. The first-order chi connectivity index (χ1) is 12.5. The maximum Gasteiger partial charge on any atom is 0.405 e. The van der Waals surface area contributed by atoms with Crippen molar-refractivity contribution >= 4 is 23.5 Å². The number of carbonyl (C=O) groups excluding carboxylic acids is 3. The van der Waals surface area contributed by atoms with Gasteiger partial charge in [-0.15, -0.1) is 0 Å². The fraction of sp³-hybridized carbons (Fsp3) is 0.222. The number of hydrogen-bond acceptors (Lipinski definition) is 5. The summed E-state index contributed by atoms with van der Waals surface area (Å²) in [6.45, 7) is -0.577. The van der Waals surface area contributed by atoms with E-state index in [2.05, 4.69) is 10.6 Å². The molecule has 2 N–H and O–H groups in total. The van der Waals surface area contributed by atoms with Crippen LogP contribution in [0, 0.1) is 5.21 Å². The van der Waals surface area contributed by atoms with Crippen molar-refractivity contribution in [3.05, 3.63) is 65.1 Å². The zero-order chi connectivity index (χ0) is 18.5. The third-order valence-electron chi connectivity index (χ3n) is 3.73. The van der Waals surface area contributed by atoms with Crippen LogP contribution in [0.1, 0.15) is 33.7 Å². The molecule has 1 heterocycles. The van der Waals surface area contributed by atoms with Crippen LogP contribution in [0.15, 0.2) is 48.7 Å². The summed E-state index contributed by atoms with van der Waals surface area (Å²) in [5.74, 6) is -1.79. The van der Waals surface area contributed by atoms with E-state index in [4.69, 9.17) is 4.74 Å². The van der Waals surface area contributed by atoms with Crippen molar-refractivity contribution in [2.24, 2.45) is 0 Å². The Morgan fingerprint density at radius 2 is 1.85 bits per heavy atom. The van der Waals surface area contributed by atoms with Crippen LogP contribution in [0.5, 0.6) is 0 Å². The number of benzene rings is 1. The minimum Gasteiger partial charge on any atom is -0.618 e. The first-order valence-corrected chi connectivity index (χ1v) is 8.09. The normalized spacial score (nSPS) is 12.9. The lowest BCUT2D eigenvalue weighted by Gasteiger charge is -2.11. The highest BCUT2D eigenvalue weighted by Gasteiger charge is 2.25. The van der Waals surface area contributed by atoms with Gasteiger partial charge in [-0.25, -0.2) is 4.79 Å². The molecule has 134 valence electrons. The van der Waals surface area contributed by atoms with Crippen LogP contribution in [0.2, 0.25) is 0 Å². The van der Waals surface area contributed by atoms with E-state index in [1.807, 2.05) is 0 Å². The summed E-state index contributed by atoms with van der Waals surface area (Å²) in [5, 5.41) is 16.9. The maximum atomic E-state index is 12.2. The van der Waals surface area contributed by atoms with E-state index in [1.165, 1.54) is 18.2 Å². The molecule has 1 aromatic carbocycles. The Kier molecular flexibility index (Phi) is 5.12. The van der Waals surface area contributed by atoms with Gasteiger partial charge in [-0.05, 0) is 31.0 Å². The molecule has 1 aliphatic carbocycles. The van der Waals surface area contributed by atoms with E-state index < -0.39 is 18.5 Å². The molecule has 8 nitrogen and oxygen atoms in total. The molecule has 2 aromatic rings. The van der Waals surface area contributed by atoms with Crippen molar-refractivity contribution in [1.82, 2.24) is 5.32 Å². The summed E-state index contributed by atoms with van der Waals surface area (Å²) in [6, 6.07) is 11.0. The van der Waals surface area contributed by atoms with E-state index in [9.17, 15) is 19.6 Å². The number of esters is 1. The molecular formula is C18H17N3O5. The van der Waals surface area contributed by atoms with Crippen LogP contribution in [0.25, 0.3) is 0 Å². The zero-order valence-electron chi connectivity index (χ0n) is 13.8. The molecule has 0 spiro atoms. The van der Waals surface area contributed by atoms with Gasteiger partial charge in [-0.2, -0.15) is 4.73 Å². The number of nitrogens with zero attached hydrogens (tertiary/aromatic N) is 1. The Bertz CT molecular complexity index is 848. The standard InChI is InChI=1S/C18H17N3O5/c22-16(11-26-18(24)15-7-3-4-10-21(15)25)20-14-6-2-1-5-13(14)17(23)19-12-8-9-12/h1-7,10,12H,8-9,11H2,(H,19,23)(H,20,22). The van der Waals surface area contributed by atoms with Gasteiger partial charge in [0.1, 0.15) is 0 Å². The summed E-state index contributed by atoms with van der Waals surface area (Å²) >= 11 is 0. The Morgan fingerprint density at radius 1 is 1.12 bits per heavy atom. The number of hydrogen-bond donors (Lipinski definition) is 2. The number of amides is 2. The van der Waals surface area contributed by atoms with Gasteiger partial charge in [0, 0.05) is 18.2 Å². The van der Waals surface area contributed by atoms with Crippen LogP contribution in [0.3, 0.4) is 0 Å². The monoisotopic (exact) mass is 355 g/mol. The molecule has 0 radical (unpaired) electrons. The van der Waals surface area contributed by atoms with Crippen molar-refractivity contribution < 1.29 is 23.9 Å². The highest BCUT2D eigenvalue weighted by atomic mass is 16.5. The van der Waals surface area contributed by atoms with Gasteiger partial charge >= 0.3 is 11.7 Å². The van der Waals surface area contributed by atoms with Crippen LogP contribution < -0.4 is 15.4 Å². The lowest BCUT2D eigenvalue weighted by Crippen LogP contribution is -2.35. The van der Waals surface area contributed by atoms with E-state index in [-0.39, 0.29) is 17.6 Å². The van der Waals surface area contributed by atoms with Crippen LogP contribution in [0.4, 0.5) is 5.69 Å². The molecule has 1 aliphatic rings. The van der Waals surface area contributed by atoms with Crippen molar-refractivity contribution in [2.45, 2.75) is 18.9 Å². The average molecular weight is 355 g/mol. The lowest BCUT2D eigenvalue weighted by molar-refractivity contribution is -0.608. The first-order valence-electron chi connectivity index (χ1n) is 8.09. The summed E-state index contributed by atoms with van der Waals surface area (Å²) in [4.78, 5) is 36.1. The Balaban J connectivity index is 1.59. The average Bonchev–Trinajstić information content (AvgIpc) is 3.44. The fourth-order valence-corrected chi connectivity index (χ4v) is 2.26. The number of nitrogens with one attached hydrogen (secondary N) is 2. The minimum atomic E-state index is -0.907. The predicted molar refractivity (Wildman–Crippen MR) is 91.2 cm³/mol. The topological polar surface area (TPSA) is 111 Å². The molecular weight excluding hydrogens is 338 g/mol. The summed E-state index contributed by atoms with van der Waals surface area (Å²) in [6.07, 6.45) is 3.07. The minimum absolute atomic E-state index is 0.192. The largest absolute Gasteiger partial charge is 0.618 e. The van der Waals surface area contributed by atoms with E-state index in [0.29, 0.717) is 16.0 Å². The molecule has 2 amide bonds. The highest BCUT2D eigenvalue weighted by molar-refractivity contribution is 6.04. The second-order valence-corrected chi connectivity index (χ2v) is 5.83. The third-order valence-corrected chi connectivity index (χ3v) is 3.73. The van der Waals surface area contributed by atoms with Crippen molar-refractivity contribution in [1.29, 1.82) is 0 Å². The zero-order valence-corrected chi connectivity index (χ0v) is 13.8. The van der Waals surface area contributed by atoms with Gasteiger partial charge in [0.25, 0.3) is 11.8 Å². The second-order valence-electron chi connectivity index (χ2n) is 5.83. The van der Waals surface area contributed by atoms with Gasteiger partial charge in [0.2, 0.25) is 0 Å². The summed E-state index contributed by atoms with van der Waals surface area (Å²) < 4.78 is 5.20. The van der Waals surface area contributed by atoms with Gasteiger partial charge in [-0.3, -0.25) is 9.59 Å². The number of anilines is 1. The number of ether oxygens (including phenoxy) is 1. The van der Waals surface area contributed by atoms with Gasteiger partial charge in [0.05, 0.1) is 11.3 Å². The van der Waals surface area contributed by atoms with Crippen LogP contribution >= 0.6 is 0 Å². The SMILES string of the molecule is O=C(COC(=O)c1cccc[n+]1[O-])Nc1ccccc1C(=O)NC1CC1. The van der Waals surface area contributed by atoms with E-state index in [0.717, 1.165) is 19.0 Å². The molecule has 0 unspecified atom stereocenters. The number of pyridine rings is 1. The number of rotatable bonds is 6. The molecule has 1 aromatic heterocycles. The Labute approximate surface area is 149 Å². The van der Waals surface area contributed by atoms with Crippen molar-refractivity contribution in [3.8, 4) is 0 Å². The quantitative estimate of drug-likeness (QED) is 0.456. The highest BCUT2D eigenvalue weighted by Crippen LogP contribution is 2.21. The Morgan fingerprint density at radius 3 is 2.58 bits per heavy atom. The van der Waals surface area contributed by atoms with Crippen LogP contribution in [-0.2, 0) is 9.53 Å². The van der Waals surface area contributed by atoms with Crippen molar-refractivity contribution in [3.63, 3.8) is 0 Å². The first kappa shape index (κ1) is 17.4. The molecule has 3 rings (SSSR count). The Hall–Kier alpha value is -3.42. The molecule has 8 heteroatoms. The van der Waals surface area contributed by atoms with Crippen LogP contribution in [-0.4, -0.2) is 30.4 Å². The summed E-state index contributed by atoms with van der Waals surface area (Å²) in [5.41, 5.74) is 0.439. The van der Waals surface area contributed by atoms with E-state index in [1.54, 1.807) is 24.3 Å². The molecule has 1 saturated carbocycles. The molecule has 26 heavy (non-hydrogen) atoms. The summed E-state index contributed by atoms with van der Waals surface area (Å²) in [7, 11) is 0. The van der Waals surface area contributed by atoms with E-state index >= 15 is 0 Å². The number of para-hydroxylation sites is 1. The van der Waals surface area contributed by atoms with Gasteiger partial charge in [0.15, 0.2) is 12.8 Å². The number of aromatic nitrogens is 1. The van der Waals surface area contributed by atoms with Gasteiger partial charge in [-0.1, -0.05) is 12.1 Å². The second kappa shape index (κ2) is 7.64. The fourth-order valence-electron chi connectivity index (χ4n) is 2.26. The lowest BCUT2D eigenvalue weighted by atomic mass is 10.1. The molecule has 0 atom stereocenters. The third kappa shape index (κ3) is 4.35. The molecule has 1 fully saturated rings. The smallest absolute Gasteiger partial charge is 0.405 e. The van der Waals surface area contributed by atoms with Gasteiger partial charge < -0.3 is 20.6 Å². The molecule has 0 saturated heterocycles. The molecule has 0 bridgehead atoms. The van der Waals surface area contributed by atoms with Crippen molar-refractivity contribution in [2.75, 3.05) is 11.9 Å². The predicted octanol–water partition coefficient (Wildman–Crippen LogP) is 1.01. The molecule has 0 aliphatic heterocycles.